The molecule has 0 aromatic carbocycles. The Balaban J connectivity index is 3.44. The summed E-state index contributed by atoms with van der Waals surface area (Å²) in [5.41, 5.74) is 0. The van der Waals surface area contributed by atoms with E-state index in [2.05, 4.69) is 12.2 Å². The number of unbranched alkanes of at least 4 members (excludes halogenated alkanes) is 2. The summed E-state index contributed by atoms with van der Waals surface area (Å²) in [7, 11) is 0. The Hall–Kier alpha value is -0.290. The lowest BCUT2D eigenvalue weighted by molar-refractivity contribution is -0.145. The molecule has 0 fully saturated rings. The lowest BCUT2D eigenvalue weighted by Gasteiger charge is -2.21. The largest absolute Gasteiger partial charge is 0.401 e. The summed E-state index contributed by atoms with van der Waals surface area (Å²) in [4.78, 5) is 1.46. The number of hydrogen-bond acceptors (Lipinski definition) is 2. The van der Waals surface area contributed by atoms with Gasteiger partial charge in [0.15, 0.2) is 0 Å². The summed E-state index contributed by atoms with van der Waals surface area (Å²) in [6, 6.07) is 0. The van der Waals surface area contributed by atoms with E-state index in [0.29, 0.717) is 13.1 Å². The van der Waals surface area contributed by atoms with E-state index in [1.807, 2.05) is 0 Å². The third-order valence-electron chi connectivity index (χ3n) is 2.60. The molecule has 0 aromatic rings. The third kappa shape index (κ3) is 12.0. The van der Waals surface area contributed by atoms with E-state index < -0.39 is 12.7 Å². The van der Waals surface area contributed by atoms with Gasteiger partial charge < -0.3 is 5.32 Å². The molecule has 0 spiro atoms. The monoisotopic (exact) mass is 254 g/mol. The van der Waals surface area contributed by atoms with Gasteiger partial charge in [-0.15, -0.1) is 0 Å². The molecule has 0 radical (unpaired) electrons. The number of nitrogens with one attached hydrogen (secondary N) is 1. The zero-order valence-electron chi connectivity index (χ0n) is 10.9. The summed E-state index contributed by atoms with van der Waals surface area (Å²) in [5.74, 6) is 0. The van der Waals surface area contributed by atoms with Crippen molar-refractivity contribution in [2.75, 3.05) is 32.7 Å². The maximum Gasteiger partial charge on any atom is 0.401 e. The van der Waals surface area contributed by atoms with Crippen LogP contribution in [0.2, 0.25) is 0 Å². The highest BCUT2D eigenvalue weighted by Gasteiger charge is 2.29. The average Bonchev–Trinajstić information content (AvgIpc) is 2.24. The molecule has 0 saturated carbocycles. The number of alkyl halides is 3. The van der Waals surface area contributed by atoms with Crippen LogP contribution in [-0.4, -0.2) is 43.8 Å². The highest BCUT2D eigenvalue weighted by molar-refractivity contribution is 4.62. The van der Waals surface area contributed by atoms with Gasteiger partial charge in [-0.2, -0.15) is 13.2 Å². The van der Waals surface area contributed by atoms with Crippen LogP contribution in [0.3, 0.4) is 0 Å². The smallest absolute Gasteiger partial charge is 0.317 e. The first-order chi connectivity index (χ1) is 7.99. The van der Waals surface area contributed by atoms with Crippen LogP contribution in [-0.2, 0) is 0 Å². The molecule has 0 aliphatic carbocycles. The minimum absolute atomic E-state index is 0.466. The second kappa shape index (κ2) is 9.71. The van der Waals surface area contributed by atoms with Crippen molar-refractivity contribution in [3.05, 3.63) is 0 Å². The van der Waals surface area contributed by atoms with Crippen LogP contribution < -0.4 is 5.32 Å². The number of halogens is 3. The Morgan fingerprint density at radius 1 is 1.00 bits per heavy atom. The van der Waals surface area contributed by atoms with Crippen LogP contribution >= 0.6 is 0 Å². The van der Waals surface area contributed by atoms with Crippen LogP contribution in [0.1, 0.15) is 39.5 Å². The number of hydrogen-bond donors (Lipinski definition) is 1. The van der Waals surface area contributed by atoms with Crippen molar-refractivity contribution in [1.82, 2.24) is 10.2 Å². The first-order valence-electron chi connectivity index (χ1n) is 6.49. The summed E-state index contributed by atoms with van der Waals surface area (Å²) in [6.45, 7) is 6.11. The lowest BCUT2D eigenvalue weighted by atomic mass is 10.2. The molecule has 0 aliphatic rings. The van der Waals surface area contributed by atoms with Gasteiger partial charge in [0.2, 0.25) is 0 Å². The topological polar surface area (TPSA) is 15.3 Å². The van der Waals surface area contributed by atoms with E-state index in [4.69, 9.17) is 0 Å². The van der Waals surface area contributed by atoms with E-state index in [1.165, 1.54) is 4.90 Å². The van der Waals surface area contributed by atoms with Gasteiger partial charge >= 0.3 is 6.18 Å². The molecule has 0 aliphatic heterocycles. The lowest BCUT2D eigenvalue weighted by Crippen LogP contribution is -2.34. The van der Waals surface area contributed by atoms with Gasteiger partial charge in [0, 0.05) is 0 Å². The second-order valence-corrected chi connectivity index (χ2v) is 4.29. The zero-order chi connectivity index (χ0) is 13.1. The Labute approximate surface area is 103 Å². The first kappa shape index (κ1) is 16.7. The van der Waals surface area contributed by atoms with Crippen molar-refractivity contribution in [3.63, 3.8) is 0 Å². The molecule has 1 N–H and O–H groups in total. The summed E-state index contributed by atoms with van der Waals surface area (Å²) in [5, 5.41) is 3.28. The van der Waals surface area contributed by atoms with Gasteiger partial charge in [-0.3, -0.25) is 4.90 Å². The predicted molar refractivity (Wildman–Crippen MR) is 65.2 cm³/mol. The Kier molecular flexibility index (Phi) is 9.55. The molecule has 17 heavy (non-hydrogen) atoms. The van der Waals surface area contributed by atoms with Gasteiger partial charge in [0.25, 0.3) is 0 Å². The van der Waals surface area contributed by atoms with Crippen molar-refractivity contribution in [2.45, 2.75) is 45.7 Å². The van der Waals surface area contributed by atoms with Crippen molar-refractivity contribution in [2.24, 2.45) is 0 Å². The molecule has 0 bridgehead atoms. The Morgan fingerprint density at radius 2 is 1.71 bits per heavy atom. The van der Waals surface area contributed by atoms with Gasteiger partial charge in [-0.25, -0.2) is 0 Å². The third-order valence-corrected chi connectivity index (χ3v) is 2.60. The van der Waals surface area contributed by atoms with E-state index >= 15 is 0 Å². The molecule has 0 rings (SSSR count). The SMILES string of the molecule is CCCNCCCCCN(CC)CC(F)(F)F. The maximum absolute atomic E-state index is 12.2. The molecule has 5 heteroatoms. The molecule has 2 nitrogen and oxygen atoms in total. The van der Waals surface area contributed by atoms with E-state index in [-0.39, 0.29) is 0 Å². The van der Waals surface area contributed by atoms with Crippen molar-refractivity contribution < 1.29 is 13.2 Å². The minimum atomic E-state index is -4.07. The van der Waals surface area contributed by atoms with Crippen molar-refractivity contribution >= 4 is 0 Å². The summed E-state index contributed by atoms with van der Waals surface area (Å²) >= 11 is 0. The first-order valence-corrected chi connectivity index (χ1v) is 6.49. The number of nitrogens with zero attached hydrogens (tertiary/aromatic N) is 1. The van der Waals surface area contributed by atoms with Crippen LogP contribution in [0.4, 0.5) is 13.2 Å². The van der Waals surface area contributed by atoms with Gasteiger partial charge in [-0.05, 0) is 45.4 Å². The predicted octanol–water partition coefficient (Wildman–Crippen LogP) is 3.04. The highest BCUT2D eigenvalue weighted by Crippen LogP contribution is 2.16. The molecule has 0 atom stereocenters. The van der Waals surface area contributed by atoms with Gasteiger partial charge in [0.1, 0.15) is 0 Å². The normalized spacial score (nSPS) is 12.4. The summed E-state index contributed by atoms with van der Waals surface area (Å²) in [6.07, 6.45) is -0.0692. The molecule has 0 amide bonds. The average molecular weight is 254 g/mol. The van der Waals surface area contributed by atoms with Gasteiger partial charge in [-0.1, -0.05) is 20.3 Å². The molecule has 0 aromatic heterocycles. The molecular formula is C12H25F3N2. The van der Waals surface area contributed by atoms with Crippen molar-refractivity contribution in [3.8, 4) is 0 Å². The fourth-order valence-corrected chi connectivity index (χ4v) is 1.67. The van der Waals surface area contributed by atoms with E-state index in [1.54, 1.807) is 6.92 Å². The quantitative estimate of drug-likeness (QED) is 0.603. The molecule has 0 saturated heterocycles. The standard InChI is InChI=1S/C12H25F3N2/c1-3-8-16-9-6-5-7-10-17(4-2)11-12(13,14)15/h16H,3-11H2,1-2H3. The second-order valence-electron chi connectivity index (χ2n) is 4.29. The Morgan fingerprint density at radius 3 is 2.24 bits per heavy atom. The zero-order valence-corrected chi connectivity index (χ0v) is 10.9. The molecular weight excluding hydrogens is 229 g/mol. The minimum Gasteiger partial charge on any atom is -0.317 e. The van der Waals surface area contributed by atoms with E-state index in [0.717, 1.165) is 38.8 Å². The van der Waals surface area contributed by atoms with E-state index in [9.17, 15) is 13.2 Å². The van der Waals surface area contributed by atoms with Crippen LogP contribution in [0.25, 0.3) is 0 Å². The maximum atomic E-state index is 12.2. The Bertz CT molecular complexity index is 172. The fourth-order valence-electron chi connectivity index (χ4n) is 1.67. The van der Waals surface area contributed by atoms with Crippen LogP contribution in [0.5, 0.6) is 0 Å². The molecule has 104 valence electrons. The molecule has 0 heterocycles. The number of rotatable bonds is 10. The summed E-state index contributed by atoms with van der Waals surface area (Å²) < 4.78 is 36.5. The van der Waals surface area contributed by atoms with Crippen LogP contribution in [0.15, 0.2) is 0 Å². The van der Waals surface area contributed by atoms with Gasteiger partial charge in [0.05, 0.1) is 6.54 Å². The van der Waals surface area contributed by atoms with Crippen LogP contribution in [0, 0.1) is 0 Å². The fraction of sp³-hybridized carbons (Fsp3) is 1.00. The molecule has 0 unspecified atom stereocenters. The van der Waals surface area contributed by atoms with Crippen molar-refractivity contribution in [1.29, 1.82) is 0 Å². The highest BCUT2D eigenvalue weighted by atomic mass is 19.4.